The number of carbonyl (C=O) groups excluding carboxylic acids is 2. The molecule has 35 heteroatoms. The minimum atomic E-state index is -4.44. The SMILES string of the molecule is CCCC[N+]1=C(/C=C/C=C/C=C2\N(CCCCCC(=O)NCCOCCO[C@H]3O[C@@H](CO)[C@@H](O)[C@H](O)[C@@H]3O[C@H]3O[C@H](CO)[C@@H](OC(=O)NC)[C@H](O)[C@@H]3O)c3ccc(S(=O)(=O)O)cc3C2(C)C)c2cc[c-]cc2C1(C)CCCC.O=S(=O)=O.O=S(=O)=O.O=S(=O)=O.[K+]. The zero-order valence-electron chi connectivity index (χ0n) is 51.6. The molecule has 2 aromatic carbocycles. The van der Waals surface area contributed by atoms with Gasteiger partial charge in [-0.3, -0.25) is 9.35 Å². The van der Waals surface area contributed by atoms with Crippen LogP contribution in [0.3, 0.4) is 0 Å². The Labute approximate surface area is 576 Å². The fourth-order valence-electron chi connectivity index (χ4n) is 10.6. The molecule has 6 rings (SSSR count). The monoisotopic (exact) mass is 1390 g/mol. The number of rotatable bonds is 28. The Bertz CT molecular complexity index is 3200. The number of aliphatic hydroxyl groups excluding tert-OH is 6. The van der Waals surface area contributed by atoms with Gasteiger partial charge in [-0.15, -0.1) is 37.9 Å². The second kappa shape index (κ2) is 40.9. The van der Waals surface area contributed by atoms with E-state index in [9.17, 15) is 53.2 Å². The Balaban J connectivity index is 0.00000199. The number of carbonyl (C=O) groups is 2. The number of aliphatic hydroxyl groups is 6. The summed E-state index contributed by atoms with van der Waals surface area (Å²) in [7, 11) is -12.5. The Morgan fingerprint density at radius 2 is 1.40 bits per heavy atom. The minimum Gasteiger partial charge on any atom is -0.440 e. The van der Waals surface area contributed by atoms with Gasteiger partial charge in [0.2, 0.25) is 5.91 Å². The second-order valence-electron chi connectivity index (χ2n) is 21.4. The van der Waals surface area contributed by atoms with E-state index in [1.165, 1.54) is 30.0 Å². The zero-order valence-corrected chi connectivity index (χ0v) is 57.9. The molecule has 2 fully saturated rings. The van der Waals surface area contributed by atoms with Crippen LogP contribution in [0.4, 0.5) is 10.5 Å². The third kappa shape index (κ3) is 25.2. The number of anilines is 1. The van der Waals surface area contributed by atoms with E-state index in [2.05, 4.69) is 77.3 Å². The molecule has 2 saturated heterocycles. The van der Waals surface area contributed by atoms with Gasteiger partial charge in [0.1, 0.15) is 54.8 Å². The summed E-state index contributed by atoms with van der Waals surface area (Å²) in [5, 5.41) is 67.7. The topological polar surface area (TPSA) is 449 Å². The van der Waals surface area contributed by atoms with E-state index in [4.69, 9.17) is 66.3 Å². The number of nitrogens with zero attached hydrogens (tertiary/aromatic N) is 2. The van der Waals surface area contributed by atoms with Gasteiger partial charge < -0.3 is 74.6 Å². The minimum absolute atomic E-state index is 0. The Hall–Kier alpha value is -4.16. The normalized spacial score (nSPS) is 25.2. The summed E-state index contributed by atoms with van der Waals surface area (Å²) in [6.45, 7) is 11.1. The van der Waals surface area contributed by atoms with Crippen molar-refractivity contribution in [3.8, 4) is 0 Å². The molecule has 4 aliphatic heterocycles. The van der Waals surface area contributed by atoms with Gasteiger partial charge in [0.25, 0.3) is 10.1 Å². The van der Waals surface area contributed by atoms with Gasteiger partial charge in [0.15, 0.2) is 24.4 Å². The van der Waals surface area contributed by atoms with Crippen molar-refractivity contribution in [2.45, 2.75) is 170 Å². The first kappa shape index (κ1) is 82.9. The molecular formula is C56H82KN4O26S4+. The number of unbranched alkanes of at least 4 members (excludes halogenated alkanes) is 4. The van der Waals surface area contributed by atoms with E-state index in [0.717, 1.165) is 68.4 Å². The third-order valence-corrected chi connectivity index (χ3v) is 15.8. The largest absolute Gasteiger partial charge is 1.00 e. The maximum atomic E-state index is 12.8. The van der Waals surface area contributed by atoms with Gasteiger partial charge in [0, 0.05) is 62.3 Å². The van der Waals surface area contributed by atoms with Crippen LogP contribution in [0, 0.1) is 6.07 Å². The molecule has 2 aromatic rings. The molecule has 11 atom stereocenters. The summed E-state index contributed by atoms with van der Waals surface area (Å²) in [6.07, 6.45) is 1.32. The number of fused-ring (bicyclic) bond motifs is 2. The summed E-state index contributed by atoms with van der Waals surface area (Å²) < 4.78 is 146. The molecule has 0 spiro atoms. The fourth-order valence-corrected chi connectivity index (χ4v) is 11.1. The maximum Gasteiger partial charge on any atom is 1.00 e. The predicted octanol–water partition coefficient (Wildman–Crippen LogP) is -2.76. The predicted molar refractivity (Wildman–Crippen MR) is 316 cm³/mol. The molecule has 506 valence electrons. The van der Waals surface area contributed by atoms with Crippen LogP contribution in [0.5, 0.6) is 0 Å². The molecule has 2 amide bonds. The number of alkyl carbamates (subject to hydrolysis) is 1. The molecule has 4 aliphatic rings. The van der Waals surface area contributed by atoms with E-state index in [0.29, 0.717) is 13.0 Å². The Morgan fingerprint density at radius 1 is 0.769 bits per heavy atom. The smallest absolute Gasteiger partial charge is 0.440 e. The van der Waals surface area contributed by atoms with Crippen molar-refractivity contribution in [1.29, 1.82) is 0 Å². The molecule has 0 saturated carbocycles. The molecule has 4 heterocycles. The van der Waals surface area contributed by atoms with Crippen LogP contribution in [0.2, 0.25) is 0 Å². The molecule has 1 unspecified atom stereocenters. The van der Waals surface area contributed by atoms with Gasteiger partial charge in [0.05, 0.1) is 37.9 Å². The summed E-state index contributed by atoms with van der Waals surface area (Å²) in [5.41, 5.74) is 5.61. The first-order chi connectivity index (χ1) is 42.5. The maximum absolute atomic E-state index is 12.8. The van der Waals surface area contributed by atoms with Crippen LogP contribution < -0.4 is 66.9 Å². The number of amides is 2. The summed E-state index contributed by atoms with van der Waals surface area (Å²) in [4.78, 5) is 26.6. The second-order valence-corrected chi connectivity index (χ2v) is 24.0. The van der Waals surface area contributed by atoms with Crippen LogP contribution >= 0.6 is 0 Å². The van der Waals surface area contributed by atoms with Crippen LogP contribution in [-0.2, 0) is 86.1 Å². The number of benzene rings is 2. The summed E-state index contributed by atoms with van der Waals surface area (Å²) in [6, 6.07) is 14.3. The average molecular weight is 1390 g/mol. The van der Waals surface area contributed by atoms with E-state index in [1.807, 2.05) is 32.1 Å². The molecule has 0 aromatic heterocycles. The first-order valence-electron chi connectivity index (χ1n) is 28.6. The number of allylic oxidation sites excluding steroid dienone is 6. The van der Waals surface area contributed by atoms with Crippen LogP contribution in [0.25, 0.3) is 0 Å². The van der Waals surface area contributed by atoms with Crippen LogP contribution in [0.1, 0.15) is 109 Å². The number of hydrogen-bond acceptors (Lipinski definition) is 26. The van der Waals surface area contributed by atoms with Crippen molar-refractivity contribution in [3.05, 3.63) is 95.2 Å². The standard InChI is InChI=1S/C56H82N4O17S.K.3O3S/c1-7-9-26-56(5)38-20-17-16-19-37(38)40(60(56)29-10-8-2)21-13-11-14-22-44-55(3,4)39-33-36(78(69,70)71)24-25-41(39)59(44)28-18-12-15-23-45(63)58-27-30-72-31-32-73-53-51(47(65)46(64)42(34-61)74-53)76-52-49(67)48(66)50(43(35-62)75-52)77-54(68)57-6;;3*1-4(2)3/h11,13-14,16,19-22,24-25,33,42-43,46-53,61-62,64-67H,7-10,12,15,18,23,26-32,34-35H2,1-6H3,(H,57,68)(H,58,63)(H,69,70,71);;;;/q;+1;;;/t42-,43+,46+,47-,48+,49-,50+,51-,52+,53-,56?;;;;/m0..../s1. The Kier molecular flexibility index (Phi) is 37.3. The molecule has 9 N–H and O–H groups in total. The van der Waals surface area contributed by atoms with Crippen LogP contribution in [-0.4, -0.2) is 225 Å². The van der Waals surface area contributed by atoms with Crippen molar-refractivity contribution in [1.82, 2.24) is 10.6 Å². The van der Waals surface area contributed by atoms with Crippen molar-refractivity contribution < 1.29 is 175 Å². The van der Waals surface area contributed by atoms with Crippen molar-refractivity contribution in [2.75, 3.05) is 64.6 Å². The van der Waals surface area contributed by atoms with Gasteiger partial charge in [-0.05, 0) is 56.0 Å². The number of nitrogens with one attached hydrogen (secondary N) is 2. The van der Waals surface area contributed by atoms with E-state index in [1.54, 1.807) is 12.1 Å². The first-order valence-corrected chi connectivity index (χ1v) is 33.1. The van der Waals surface area contributed by atoms with Crippen LogP contribution in [0.15, 0.2) is 77.4 Å². The van der Waals surface area contributed by atoms with E-state index in [-0.39, 0.29) is 101 Å². The molecule has 0 bridgehead atoms. The fraction of sp³-hybridized carbons (Fsp3) is 0.625. The van der Waals surface area contributed by atoms with E-state index < -0.39 is 128 Å². The average Bonchev–Trinajstić information content (AvgIpc) is 1.62. The molecular weight excluding hydrogens is 1310 g/mol. The molecule has 0 aliphatic carbocycles. The quantitative estimate of drug-likeness (QED) is 0.0104. The van der Waals surface area contributed by atoms with Crippen molar-refractivity contribution >= 4 is 65.3 Å². The third-order valence-electron chi connectivity index (χ3n) is 15.0. The van der Waals surface area contributed by atoms with Crippen molar-refractivity contribution in [3.63, 3.8) is 0 Å². The zero-order chi connectivity index (χ0) is 67.5. The summed E-state index contributed by atoms with van der Waals surface area (Å²) in [5.74, 6) is -0.166. The molecule has 30 nitrogen and oxygen atoms in total. The molecule has 0 radical (unpaired) electrons. The van der Waals surface area contributed by atoms with Crippen molar-refractivity contribution in [2.24, 2.45) is 0 Å². The number of ether oxygens (including phenoxy) is 6. The number of hydrogen-bond donors (Lipinski definition) is 9. The Morgan fingerprint density at radius 3 is 2.00 bits per heavy atom. The summed E-state index contributed by atoms with van der Waals surface area (Å²) >= 11 is 0. The van der Waals surface area contributed by atoms with Gasteiger partial charge in [-0.25, -0.2) is 9.37 Å². The molecule has 91 heavy (non-hydrogen) atoms. The van der Waals surface area contributed by atoms with E-state index >= 15 is 0 Å². The van der Waals surface area contributed by atoms with Gasteiger partial charge in [-0.2, -0.15) is 32.7 Å². The van der Waals surface area contributed by atoms with Gasteiger partial charge >= 0.3 is 89.3 Å². The van der Waals surface area contributed by atoms with Gasteiger partial charge in [-0.1, -0.05) is 76.3 Å².